The van der Waals surface area contributed by atoms with E-state index in [0.29, 0.717) is 17.3 Å². The lowest BCUT2D eigenvalue weighted by Gasteiger charge is -2.08. The fourth-order valence-corrected chi connectivity index (χ4v) is 2.70. The predicted molar refractivity (Wildman–Crippen MR) is 96.5 cm³/mol. The summed E-state index contributed by atoms with van der Waals surface area (Å²) in [4.78, 5) is 12.5. The largest absolute Gasteiger partial charge is 0.458 e. The van der Waals surface area contributed by atoms with Gasteiger partial charge in [-0.3, -0.25) is 0 Å². The Kier molecular flexibility index (Phi) is 4.86. The minimum Gasteiger partial charge on any atom is -0.458 e. The first-order chi connectivity index (χ1) is 11.7. The number of esters is 1. The Bertz CT molecular complexity index is 887. The quantitative estimate of drug-likeness (QED) is 0.325. The minimum atomic E-state index is -0.438. The number of carbonyl (C=O) groups excluding carboxylic acids is 1. The standard InChI is InChI=1S/C18H17N3O2S/c1-2-23-18(22)16(17(24)19-14-7-4-3-5-8-14)21-12-11-20-10-6-9-15(20)13-21/h3-13H,2H2,1H3,(H-,19,22,24)/p+1. The molecule has 0 aliphatic rings. The van der Waals surface area contributed by atoms with Gasteiger partial charge in [-0.15, -0.1) is 12.6 Å². The zero-order valence-corrected chi connectivity index (χ0v) is 14.1. The Morgan fingerprint density at radius 3 is 2.75 bits per heavy atom. The number of para-hydroxylation sites is 1. The van der Waals surface area contributed by atoms with Crippen LogP contribution in [0.2, 0.25) is 0 Å². The van der Waals surface area contributed by atoms with E-state index in [0.717, 1.165) is 11.2 Å². The summed E-state index contributed by atoms with van der Waals surface area (Å²) >= 11 is 4.50. The molecule has 0 amide bonds. The van der Waals surface area contributed by atoms with Gasteiger partial charge in [0.1, 0.15) is 5.52 Å². The Labute approximate surface area is 145 Å². The number of aromatic nitrogens is 2. The first-order valence-electron chi connectivity index (χ1n) is 7.60. The summed E-state index contributed by atoms with van der Waals surface area (Å²) in [7, 11) is 0. The van der Waals surface area contributed by atoms with Crippen molar-refractivity contribution in [2.24, 2.45) is 0 Å². The first kappa shape index (κ1) is 16.1. The molecule has 0 aliphatic heterocycles. The molecule has 24 heavy (non-hydrogen) atoms. The number of hydrogen-bond donors (Lipinski definition) is 2. The van der Waals surface area contributed by atoms with Crippen molar-refractivity contribution in [2.45, 2.75) is 6.92 Å². The molecular weight excluding hydrogens is 322 g/mol. The van der Waals surface area contributed by atoms with E-state index < -0.39 is 5.97 Å². The maximum atomic E-state index is 12.5. The average Bonchev–Trinajstić information content (AvgIpc) is 3.04. The number of benzene rings is 1. The van der Waals surface area contributed by atoms with Gasteiger partial charge in [-0.05, 0) is 31.2 Å². The fraction of sp³-hybridized carbons (Fsp3) is 0.111. The molecular formula is C18H18N3O2S+. The number of nitrogens with zero attached hydrogens (tertiary/aromatic N) is 2. The molecule has 0 aliphatic carbocycles. The second kappa shape index (κ2) is 7.23. The van der Waals surface area contributed by atoms with E-state index >= 15 is 0 Å². The van der Waals surface area contributed by atoms with Gasteiger partial charge in [0.25, 0.3) is 0 Å². The summed E-state index contributed by atoms with van der Waals surface area (Å²) in [6.07, 6.45) is 7.46. The van der Waals surface area contributed by atoms with Crippen LogP contribution in [-0.4, -0.2) is 17.0 Å². The Morgan fingerprint density at radius 2 is 2.00 bits per heavy atom. The number of fused-ring (bicyclic) bond motifs is 1. The molecule has 0 saturated heterocycles. The smallest absolute Gasteiger partial charge is 0.407 e. The van der Waals surface area contributed by atoms with Crippen LogP contribution in [0.4, 0.5) is 5.69 Å². The average molecular weight is 340 g/mol. The van der Waals surface area contributed by atoms with Crippen LogP contribution in [0.3, 0.4) is 0 Å². The highest BCUT2D eigenvalue weighted by Gasteiger charge is 2.26. The number of thiol groups is 1. The lowest BCUT2D eigenvalue weighted by atomic mass is 10.3. The third-order valence-corrected chi connectivity index (χ3v) is 3.78. The topological polar surface area (TPSA) is 46.6 Å². The van der Waals surface area contributed by atoms with Crippen LogP contribution in [0.15, 0.2) is 72.3 Å². The van der Waals surface area contributed by atoms with E-state index in [-0.39, 0.29) is 0 Å². The van der Waals surface area contributed by atoms with Gasteiger partial charge in [-0.2, -0.15) is 4.57 Å². The number of carbonyl (C=O) groups is 1. The van der Waals surface area contributed by atoms with Gasteiger partial charge in [0.05, 0.1) is 12.8 Å². The Hall–Kier alpha value is -2.73. The van der Waals surface area contributed by atoms with Crippen molar-refractivity contribution in [1.82, 2.24) is 4.40 Å². The third-order valence-electron chi connectivity index (χ3n) is 3.46. The minimum absolute atomic E-state index is 0.294. The molecule has 1 aromatic carbocycles. The maximum Gasteiger partial charge on any atom is 0.407 e. The van der Waals surface area contributed by atoms with E-state index in [1.807, 2.05) is 65.5 Å². The Morgan fingerprint density at radius 1 is 1.21 bits per heavy atom. The number of rotatable bonds is 5. The lowest BCUT2D eigenvalue weighted by molar-refractivity contribution is -0.578. The van der Waals surface area contributed by atoms with E-state index in [1.165, 1.54) is 0 Å². The zero-order valence-electron chi connectivity index (χ0n) is 13.2. The monoisotopic (exact) mass is 340 g/mol. The maximum absolute atomic E-state index is 12.5. The van der Waals surface area contributed by atoms with Gasteiger partial charge < -0.3 is 14.5 Å². The Balaban J connectivity index is 2.04. The van der Waals surface area contributed by atoms with Gasteiger partial charge >= 0.3 is 11.7 Å². The van der Waals surface area contributed by atoms with Gasteiger partial charge in [0, 0.05) is 11.9 Å². The number of nitrogens with one attached hydrogen (secondary N) is 1. The predicted octanol–water partition coefficient (Wildman–Crippen LogP) is 2.96. The molecule has 6 heteroatoms. The molecule has 2 aromatic heterocycles. The normalized spacial score (nSPS) is 11.9. The molecule has 0 unspecified atom stereocenters. The van der Waals surface area contributed by atoms with Crippen molar-refractivity contribution in [1.29, 1.82) is 0 Å². The van der Waals surface area contributed by atoms with Crippen LogP contribution in [0, 0.1) is 0 Å². The lowest BCUT2D eigenvalue weighted by Crippen LogP contribution is -2.38. The van der Waals surface area contributed by atoms with Crippen molar-refractivity contribution < 1.29 is 14.1 Å². The van der Waals surface area contributed by atoms with Gasteiger partial charge in [-0.25, -0.2) is 4.79 Å². The molecule has 0 bridgehead atoms. The van der Waals surface area contributed by atoms with Crippen LogP contribution >= 0.6 is 12.6 Å². The number of anilines is 1. The highest BCUT2D eigenvalue weighted by atomic mass is 32.1. The fourth-order valence-electron chi connectivity index (χ4n) is 2.36. The highest BCUT2D eigenvalue weighted by molar-refractivity contribution is 7.84. The van der Waals surface area contributed by atoms with E-state index in [2.05, 4.69) is 17.9 Å². The van der Waals surface area contributed by atoms with Crippen molar-refractivity contribution in [3.63, 3.8) is 0 Å². The molecule has 5 nitrogen and oxygen atoms in total. The van der Waals surface area contributed by atoms with Crippen LogP contribution in [-0.2, 0) is 9.53 Å². The molecule has 1 N–H and O–H groups in total. The molecule has 3 aromatic rings. The number of ether oxygens (including phenoxy) is 1. The van der Waals surface area contributed by atoms with Crippen molar-refractivity contribution in [3.8, 4) is 0 Å². The molecule has 3 rings (SSSR count). The van der Waals surface area contributed by atoms with E-state index in [4.69, 9.17) is 4.74 Å². The summed E-state index contributed by atoms with van der Waals surface area (Å²) in [5.41, 5.74) is 2.13. The second-order valence-electron chi connectivity index (χ2n) is 5.08. The van der Waals surface area contributed by atoms with Gasteiger partial charge in [-0.1, -0.05) is 18.2 Å². The highest BCUT2D eigenvalue weighted by Crippen LogP contribution is 2.16. The van der Waals surface area contributed by atoms with Crippen molar-refractivity contribution >= 4 is 35.5 Å². The summed E-state index contributed by atoms with van der Waals surface area (Å²) in [5, 5.41) is 3.55. The van der Waals surface area contributed by atoms with Gasteiger partial charge in [0.15, 0.2) is 17.4 Å². The molecule has 0 saturated carbocycles. The summed E-state index contributed by atoms with van der Waals surface area (Å²) in [6, 6.07) is 13.5. The van der Waals surface area contributed by atoms with E-state index in [1.54, 1.807) is 17.7 Å². The summed E-state index contributed by atoms with van der Waals surface area (Å²) in [5.74, 6) is -0.438. The second-order valence-corrected chi connectivity index (χ2v) is 5.53. The summed E-state index contributed by atoms with van der Waals surface area (Å²) < 4.78 is 8.87. The van der Waals surface area contributed by atoms with Crippen LogP contribution < -0.4 is 9.88 Å². The molecule has 0 radical (unpaired) electrons. The van der Waals surface area contributed by atoms with E-state index in [9.17, 15) is 4.79 Å². The van der Waals surface area contributed by atoms with Crippen molar-refractivity contribution in [2.75, 3.05) is 11.9 Å². The van der Waals surface area contributed by atoms with Crippen LogP contribution in [0.25, 0.3) is 11.2 Å². The first-order valence-corrected chi connectivity index (χ1v) is 8.04. The number of hydrogen-bond acceptors (Lipinski definition) is 4. The van der Waals surface area contributed by atoms with Crippen LogP contribution in [0.1, 0.15) is 6.92 Å². The molecule has 0 fully saturated rings. The third kappa shape index (κ3) is 3.44. The molecule has 2 heterocycles. The molecule has 0 atom stereocenters. The SMILES string of the molecule is CCOC(=O)C(=C(S)Nc1ccccc1)[n+]1ccn2cccc2c1. The zero-order chi connectivity index (χ0) is 16.9. The van der Waals surface area contributed by atoms with Crippen molar-refractivity contribution in [3.05, 3.63) is 72.3 Å². The molecule has 0 spiro atoms. The summed E-state index contributed by atoms with van der Waals surface area (Å²) in [6.45, 7) is 2.07. The van der Waals surface area contributed by atoms with Crippen LogP contribution in [0.5, 0.6) is 0 Å². The van der Waals surface area contributed by atoms with Gasteiger partial charge in [0.2, 0.25) is 0 Å². The molecule has 122 valence electrons.